The fourth-order valence-corrected chi connectivity index (χ4v) is 4.49. The highest BCUT2D eigenvalue weighted by Crippen LogP contribution is 2.34. The van der Waals surface area contributed by atoms with E-state index in [1.165, 1.54) is 11.1 Å². The maximum absolute atomic E-state index is 13.4. The molecule has 1 aliphatic carbocycles. The van der Waals surface area contributed by atoms with Crippen molar-refractivity contribution in [2.24, 2.45) is 11.7 Å². The number of aryl methyl sites for hydroxylation is 1. The zero-order valence-electron chi connectivity index (χ0n) is 17.1. The molecule has 0 bridgehead atoms. The molecule has 0 saturated heterocycles. The van der Waals surface area contributed by atoms with Gasteiger partial charge in [-0.15, -0.1) is 0 Å². The lowest BCUT2D eigenvalue weighted by Crippen LogP contribution is -2.54. The molecule has 0 fully saturated rings. The van der Waals surface area contributed by atoms with Crippen LogP contribution in [0.25, 0.3) is 0 Å². The minimum Gasteiger partial charge on any atom is -0.347 e. The molecule has 0 spiro atoms. The number of hydrogen-bond donors (Lipinski definition) is 2. The van der Waals surface area contributed by atoms with Crippen molar-refractivity contribution >= 4 is 17.5 Å². The SMILES string of the molecule is CC(C)[C@H](N)C(=O)N1c2ccccc2C[C@H]1C(=O)N[C@@H]1CCCc2ccccc21. The number of carbonyl (C=O) groups is 2. The van der Waals surface area contributed by atoms with Gasteiger partial charge in [0.25, 0.3) is 0 Å². The molecule has 5 heteroatoms. The van der Waals surface area contributed by atoms with Crippen LogP contribution in [0.3, 0.4) is 0 Å². The quantitative estimate of drug-likeness (QED) is 0.841. The maximum Gasteiger partial charge on any atom is 0.244 e. The lowest BCUT2D eigenvalue weighted by Gasteiger charge is -2.31. The Balaban J connectivity index is 1.60. The van der Waals surface area contributed by atoms with Gasteiger partial charge in [-0.05, 0) is 47.9 Å². The summed E-state index contributed by atoms with van der Waals surface area (Å²) >= 11 is 0. The first-order valence-electron chi connectivity index (χ1n) is 10.5. The number of fused-ring (bicyclic) bond motifs is 2. The molecule has 2 amide bonds. The first-order chi connectivity index (χ1) is 14.0. The fourth-order valence-electron chi connectivity index (χ4n) is 4.49. The predicted molar refractivity (Wildman–Crippen MR) is 114 cm³/mol. The van der Waals surface area contributed by atoms with Gasteiger partial charge in [0.15, 0.2) is 0 Å². The number of carbonyl (C=O) groups excluding carboxylic acids is 2. The van der Waals surface area contributed by atoms with Gasteiger partial charge in [0.1, 0.15) is 6.04 Å². The minimum atomic E-state index is -0.633. The van der Waals surface area contributed by atoms with Gasteiger partial charge < -0.3 is 11.1 Å². The molecule has 0 saturated carbocycles. The molecule has 29 heavy (non-hydrogen) atoms. The van der Waals surface area contributed by atoms with Crippen LogP contribution in [-0.2, 0) is 22.4 Å². The van der Waals surface area contributed by atoms with E-state index in [9.17, 15) is 9.59 Å². The zero-order valence-corrected chi connectivity index (χ0v) is 17.1. The van der Waals surface area contributed by atoms with Crippen molar-refractivity contribution in [3.05, 3.63) is 65.2 Å². The zero-order chi connectivity index (χ0) is 20.5. The highest BCUT2D eigenvalue weighted by Gasteiger charge is 2.41. The second-order valence-corrected chi connectivity index (χ2v) is 8.48. The van der Waals surface area contributed by atoms with Crippen LogP contribution >= 0.6 is 0 Å². The number of nitrogens with one attached hydrogen (secondary N) is 1. The van der Waals surface area contributed by atoms with Crippen molar-refractivity contribution < 1.29 is 9.59 Å². The molecule has 4 rings (SSSR count). The monoisotopic (exact) mass is 391 g/mol. The summed E-state index contributed by atoms with van der Waals surface area (Å²) in [5.41, 5.74) is 10.5. The Morgan fingerprint density at radius 2 is 1.76 bits per heavy atom. The van der Waals surface area contributed by atoms with Crippen molar-refractivity contribution in [3.63, 3.8) is 0 Å². The molecule has 5 nitrogen and oxygen atoms in total. The number of para-hydroxylation sites is 1. The van der Waals surface area contributed by atoms with Crippen LogP contribution in [0, 0.1) is 5.92 Å². The Kier molecular flexibility index (Phi) is 5.41. The van der Waals surface area contributed by atoms with Gasteiger partial charge in [0.2, 0.25) is 11.8 Å². The van der Waals surface area contributed by atoms with Crippen LogP contribution in [0.1, 0.15) is 49.4 Å². The average molecular weight is 392 g/mol. The maximum atomic E-state index is 13.4. The van der Waals surface area contributed by atoms with Crippen LogP contribution in [-0.4, -0.2) is 23.9 Å². The summed E-state index contributed by atoms with van der Waals surface area (Å²) in [6.07, 6.45) is 3.54. The van der Waals surface area contributed by atoms with Crippen LogP contribution in [0.4, 0.5) is 5.69 Å². The second-order valence-electron chi connectivity index (χ2n) is 8.48. The summed E-state index contributed by atoms with van der Waals surface area (Å²) < 4.78 is 0. The largest absolute Gasteiger partial charge is 0.347 e. The summed E-state index contributed by atoms with van der Waals surface area (Å²) in [5, 5.41) is 3.23. The highest BCUT2D eigenvalue weighted by molar-refractivity contribution is 6.05. The lowest BCUT2D eigenvalue weighted by atomic mass is 9.87. The number of amides is 2. The van der Waals surface area contributed by atoms with E-state index < -0.39 is 12.1 Å². The fraction of sp³-hybridized carbons (Fsp3) is 0.417. The highest BCUT2D eigenvalue weighted by atomic mass is 16.2. The van der Waals surface area contributed by atoms with Gasteiger partial charge in [-0.2, -0.15) is 0 Å². The molecular formula is C24H29N3O2. The molecule has 0 aromatic heterocycles. The van der Waals surface area contributed by atoms with E-state index in [-0.39, 0.29) is 23.8 Å². The van der Waals surface area contributed by atoms with E-state index in [2.05, 4.69) is 17.4 Å². The molecule has 2 aliphatic rings. The average Bonchev–Trinajstić information content (AvgIpc) is 3.12. The normalized spacial score (nSPS) is 21.4. The number of rotatable bonds is 4. The van der Waals surface area contributed by atoms with Crippen molar-refractivity contribution in [2.75, 3.05) is 4.90 Å². The Hall–Kier alpha value is -2.66. The number of anilines is 1. The van der Waals surface area contributed by atoms with Crippen molar-refractivity contribution in [3.8, 4) is 0 Å². The molecular weight excluding hydrogens is 362 g/mol. The van der Waals surface area contributed by atoms with Crippen LogP contribution in [0.15, 0.2) is 48.5 Å². The minimum absolute atomic E-state index is 0.00388. The second kappa shape index (κ2) is 7.99. The van der Waals surface area contributed by atoms with Crippen molar-refractivity contribution in [2.45, 2.75) is 57.7 Å². The number of nitrogens with zero attached hydrogens (tertiary/aromatic N) is 1. The van der Waals surface area contributed by atoms with E-state index in [1.807, 2.05) is 50.2 Å². The standard InChI is InChI=1S/C24H29N3O2/c1-15(2)22(25)24(29)27-20-13-6-4-9-17(20)14-21(27)23(28)26-19-12-7-10-16-8-3-5-11-18(16)19/h3-6,8-9,11,13,15,19,21-22H,7,10,12,14,25H2,1-2H3,(H,26,28)/t19-,21+,22+/m1/s1. The van der Waals surface area contributed by atoms with E-state index in [4.69, 9.17) is 5.73 Å². The van der Waals surface area contributed by atoms with Gasteiger partial charge in [0.05, 0.1) is 12.1 Å². The van der Waals surface area contributed by atoms with Crippen LogP contribution in [0.2, 0.25) is 0 Å². The summed E-state index contributed by atoms with van der Waals surface area (Å²) in [6, 6.07) is 14.8. The molecule has 1 heterocycles. The van der Waals surface area contributed by atoms with Gasteiger partial charge in [-0.25, -0.2) is 0 Å². The first-order valence-corrected chi connectivity index (χ1v) is 10.5. The van der Waals surface area contributed by atoms with E-state index >= 15 is 0 Å². The van der Waals surface area contributed by atoms with E-state index in [0.717, 1.165) is 30.5 Å². The van der Waals surface area contributed by atoms with Crippen molar-refractivity contribution in [1.82, 2.24) is 5.32 Å². The number of benzene rings is 2. The van der Waals surface area contributed by atoms with Crippen molar-refractivity contribution in [1.29, 1.82) is 0 Å². The molecule has 1 aliphatic heterocycles. The summed E-state index contributed by atoms with van der Waals surface area (Å²) in [6.45, 7) is 3.86. The lowest BCUT2D eigenvalue weighted by molar-refractivity contribution is -0.127. The van der Waals surface area contributed by atoms with Crippen LogP contribution in [0.5, 0.6) is 0 Å². The number of hydrogen-bond acceptors (Lipinski definition) is 3. The summed E-state index contributed by atoms with van der Waals surface area (Å²) in [7, 11) is 0. The summed E-state index contributed by atoms with van der Waals surface area (Å²) in [4.78, 5) is 28.2. The van der Waals surface area contributed by atoms with Gasteiger partial charge in [-0.3, -0.25) is 14.5 Å². The summed E-state index contributed by atoms with van der Waals surface area (Å²) in [5.74, 6) is -0.287. The Labute approximate surface area is 172 Å². The Morgan fingerprint density at radius 1 is 1.07 bits per heavy atom. The molecule has 0 radical (unpaired) electrons. The predicted octanol–water partition coefficient (Wildman–Crippen LogP) is 3.12. The van der Waals surface area contributed by atoms with Gasteiger partial charge in [-0.1, -0.05) is 56.3 Å². The molecule has 2 aromatic rings. The smallest absolute Gasteiger partial charge is 0.244 e. The van der Waals surface area contributed by atoms with Crippen LogP contribution < -0.4 is 16.0 Å². The molecule has 152 valence electrons. The molecule has 3 atom stereocenters. The third-order valence-corrected chi connectivity index (χ3v) is 6.21. The Morgan fingerprint density at radius 3 is 2.52 bits per heavy atom. The van der Waals surface area contributed by atoms with E-state index in [0.29, 0.717) is 6.42 Å². The molecule has 2 aromatic carbocycles. The molecule has 3 N–H and O–H groups in total. The Bertz CT molecular complexity index is 924. The third-order valence-electron chi connectivity index (χ3n) is 6.21. The topological polar surface area (TPSA) is 75.4 Å². The molecule has 0 unspecified atom stereocenters. The third kappa shape index (κ3) is 3.67. The van der Waals surface area contributed by atoms with Gasteiger partial charge in [0, 0.05) is 12.1 Å². The first kappa shape index (κ1) is 19.6. The van der Waals surface area contributed by atoms with Gasteiger partial charge >= 0.3 is 0 Å². The number of nitrogens with two attached hydrogens (primary N) is 1. The van der Waals surface area contributed by atoms with E-state index in [1.54, 1.807) is 4.90 Å².